The fourth-order valence-electron chi connectivity index (χ4n) is 3.39. The highest BCUT2D eigenvalue weighted by Gasteiger charge is 2.21. The lowest BCUT2D eigenvalue weighted by atomic mass is 10.1. The Labute approximate surface area is 157 Å². The topological polar surface area (TPSA) is 166 Å². The highest BCUT2D eigenvalue weighted by molar-refractivity contribution is 5.73. The third kappa shape index (κ3) is 2.71. The second-order valence-electron chi connectivity index (χ2n) is 6.73. The van der Waals surface area contributed by atoms with Crippen molar-refractivity contribution in [3.8, 4) is 23.0 Å². The third-order valence-electron chi connectivity index (χ3n) is 4.59. The summed E-state index contributed by atoms with van der Waals surface area (Å²) in [5.41, 5.74) is 8.63. The van der Waals surface area contributed by atoms with Crippen LogP contribution in [0, 0.1) is 0 Å². The number of aromatic amines is 4. The first-order valence-electron chi connectivity index (χ1n) is 8.65. The molecule has 0 atom stereocenters. The maximum atomic E-state index is 4.16. The number of aromatic nitrogens is 12. The smallest absolute Gasteiger partial charge is 0.225 e. The van der Waals surface area contributed by atoms with Gasteiger partial charge in [-0.05, 0) is 36.8 Å². The van der Waals surface area contributed by atoms with Crippen LogP contribution in [0.4, 0.5) is 0 Å². The van der Waals surface area contributed by atoms with Gasteiger partial charge < -0.3 is 0 Å². The number of fused-ring (bicyclic) bond motifs is 2. The predicted molar refractivity (Wildman–Crippen MR) is 98.2 cm³/mol. The van der Waals surface area contributed by atoms with Gasteiger partial charge in [0.1, 0.15) is 11.4 Å². The number of hydrogen-bond acceptors (Lipinski definition) is 8. The van der Waals surface area contributed by atoms with E-state index in [1.807, 2.05) is 0 Å². The maximum absolute atomic E-state index is 4.16. The molecule has 0 aromatic carbocycles. The molecule has 0 bridgehead atoms. The molecular formula is C16H16N12. The molecule has 0 saturated carbocycles. The number of hydrogen-bond donors (Lipinski definition) is 4. The molecule has 0 unspecified atom stereocenters. The van der Waals surface area contributed by atoms with Gasteiger partial charge >= 0.3 is 0 Å². The molecule has 4 aromatic heterocycles. The van der Waals surface area contributed by atoms with Crippen molar-refractivity contribution in [2.75, 3.05) is 0 Å². The van der Waals surface area contributed by atoms with E-state index in [1.165, 1.54) is 11.1 Å². The minimum atomic E-state index is 0.536. The number of nitrogens with one attached hydrogen (secondary N) is 4. The Balaban J connectivity index is 0.000000122. The fraction of sp³-hybridized carbons (Fsp3) is 0.250. The zero-order valence-corrected chi connectivity index (χ0v) is 15.1. The molecule has 4 N–H and O–H groups in total. The van der Waals surface area contributed by atoms with Crippen LogP contribution in [0.5, 0.6) is 0 Å². The van der Waals surface area contributed by atoms with Crippen LogP contribution in [0.25, 0.3) is 35.2 Å². The monoisotopic (exact) mass is 376 g/mol. The first-order valence-corrected chi connectivity index (χ1v) is 8.65. The van der Waals surface area contributed by atoms with Crippen LogP contribution in [0.1, 0.15) is 36.4 Å². The number of tetrazole rings is 2. The Morgan fingerprint density at radius 3 is 2.14 bits per heavy atom. The van der Waals surface area contributed by atoms with Crippen molar-refractivity contribution in [1.29, 1.82) is 0 Å². The molecule has 0 radical (unpaired) electrons. The van der Waals surface area contributed by atoms with Crippen LogP contribution in [-0.4, -0.2) is 61.6 Å². The number of nitrogens with zero attached hydrogens (tertiary/aromatic N) is 8. The summed E-state index contributed by atoms with van der Waals surface area (Å²) in [6.45, 7) is 4.18. The van der Waals surface area contributed by atoms with E-state index in [1.54, 1.807) is 0 Å². The van der Waals surface area contributed by atoms with Crippen LogP contribution in [0.2, 0.25) is 0 Å². The SMILES string of the molecule is CC1=Cc2[nH]nc(-c3nn[nH]n3)c2C1.CC1=Cc2c(-c3nn[nH]n3)n[nH]c2C1. The Kier molecular flexibility index (Phi) is 3.67. The van der Waals surface area contributed by atoms with Crippen LogP contribution in [0.3, 0.4) is 0 Å². The summed E-state index contributed by atoms with van der Waals surface area (Å²) in [6, 6.07) is 0. The van der Waals surface area contributed by atoms with Gasteiger partial charge in [-0.2, -0.15) is 20.6 Å². The number of rotatable bonds is 2. The van der Waals surface area contributed by atoms with Crippen LogP contribution < -0.4 is 0 Å². The average molecular weight is 376 g/mol. The van der Waals surface area contributed by atoms with Gasteiger partial charge in [0.05, 0.1) is 5.69 Å². The summed E-state index contributed by atoms with van der Waals surface area (Å²) in [4.78, 5) is 0. The molecule has 28 heavy (non-hydrogen) atoms. The minimum Gasteiger partial charge on any atom is -0.281 e. The summed E-state index contributed by atoms with van der Waals surface area (Å²) >= 11 is 0. The standard InChI is InChI=1S/2C8H8N6/c2*1-4-2-5-6(3-4)9-10-7(5)8-11-13-14-12-8/h3H,2H2,1H3,(H,9,10)(H,11,12,13,14);2H,3H2,1H3,(H,9,10)(H,11,12,13,14). The van der Waals surface area contributed by atoms with E-state index in [0.29, 0.717) is 11.6 Å². The summed E-state index contributed by atoms with van der Waals surface area (Å²) in [5.74, 6) is 1.08. The van der Waals surface area contributed by atoms with E-state index in [-0.39, 0.29) is 0 Å². The van der Waals surface area contributed by atoms with Crippen molar-refractivity contribution in [1.82, 2.24) is 61.6 Å². The first kappa shape index (κ1) is 16.2. The van der Waals surface area contributed by atoms with E-state index < -0.39 is 0 Å². The number of H-pyrrole nitrogens is 4. The molecule has 0 fully saturated rings. The molecule has 0 amide bonds. The normalized spacial score (nSPS) is 14.2. The zero-order valence-electron chi connectivity index (χ0n) is 15.1. The molecule has 6 rings (SSSR count). The van der Waals surface area contributed by atoms with E-state index in [2.05, 4.69) is 87.6 Å². The van der Waals surface area contributed by atoms with E-state index >= 15 is 0 Å². The van der Waals surface area contributed by atoms with Gasteiger partial charge in [0.25, 0.3) is 0 Å². The Morgan fingerprint density at radius 1 is 0.750 bits per heavy atom. The molecule has 12 nitrogen and oxygen atoms in total. The van der Waals surface area contributed by atoms with Crippen molar-refractivity contribution in [3.05, 3.63) is 33.7 Å². The third-order valence-corrected chi connectivity index (χ3v) is 4.59. The van der Waals surface area contributed by atoms with Gasteiger partial charge in [-0.15, -0.1) is 20.4 Å². The largest absolute Gasteiger partial charge is 0.281 e. The summed E-state index contributed by atoms with van der Waals surface area (Å²) in [7, 11) is 0. The van der Waals surface area contributed by atoms with Gasteiger partial charge in [0.15, 0.2) is 0 Å². The second kappa shape index (κ2) is 6.33. The summed E-state index contributed by atoms with van der Waals surface area (Å²) in [5, 5.41) is 41.7. The van der Waals surface area contributed by atoms with E-state index in [9.17, 15) is 0 Å². The lowest BCUT2D eigenvalue weighted by Crippen LogP contribution is -1.88. The highest BCUT2D eigenvalue weighted by Crippen LogP contribution is 2.30. The number of allylic oxidation sites excluding steroid dienone is 2. The fourth-order valence-corrected chi connectivity index (χ4v) is 3.39. The molecule has 4 aromatic rings. The molecule has 0 saturated heterocycles. The molecule has 0 aliphatic heterocycles. The lowest BCUT2D eigenvalue weighted by molar-refractivity contribution is 0.881. The van der Waals surface area contributed by atoms with Gasteiger partial charge in [-0.25, -0.2) is 0 Å². The minimum absolute atomic E-state index is 0.536. The summed E-state index contributed by atoms with van der Waals surface area (Å²) in [6.07, 6.45) is 6.03. The Hall–Kier alpha value is -3.96. The van der Waals surface area contributed by atoms with Crippen molar-refractivity contribution >= 4 is 12.2 Å². The molecule has 2 aliphatic rings. The van der Waals surface area contributed by atoms with Gasteiger partial charge in [0, 0.05) is 23.2 Å². The van der Waals surface area contributed by atoms with Crippen LogP contribution in [-0.2, 0) is 12.8 Å². The predicted octanol–water partition coefficient (Wildman–Crippen LogP) is 1.10. The van der Waals surface area contributed by atoms with Crippen molar-refractivity contribution in [3.63, 3.8) is 0 Å². The van der Waals surface area contributed by atoms with Gasteiger partial charge in [0.2, 0.25) is 11.6 Å². The molecule has 12 heteroatoms. The van der Waals surface area contributed by atoms with Crippen molar-refractivity contribution < 1.29 is 0 Å². The average Bonchev–Trinajstić information content (AvgIpc) is 3.45. The van der Waals surface area contributed by atoms with Gasteiger partial charge in [-0.1, -0.05) is 17.2 Å². The molecule has 0 spiro atoms. The van der Waals surface area contributed by atoms with Crippen molar-refractivity contribution in [2.45, 2.75) is 26.7 Å². The van der Waals surface area contributed by atoms with E-state index in [0.717, 1.165) is 46.7 Å². The van der Waals surface area contributed by atoms with Crippen molar-refractivity contribution in [2.24, 2.45) is 0 Å². The van der Waals surface area contributed by atoms with Crippen LogP contribution >= 0.6 is 0 Å². The summed E-state index contributed by atoms with van der Waals surface area (Å²) < 4.78 is 0. The second-order valence-corrected chi connectivity index (χ2v) is 6.73. The Morgan fingerprint density at radius 2 is 1.43 bits per heavy atom. The van der Waals surface area contributed by atoms with E-state index in [4.69, 9.17) is 0 Å². The molecule has 140 valence electrons. The first-order chi connectivity index (χ1) is 13.7. The highest BCUT2D eigenvalue weighted by atomic mass is 15.5. The molecule has 4 heterocycles. The Bertz CT molecular complexity index is 1170. The molecular weight excluding hydrogens is 360 g/mol. The van der Waals surface area contributed by atoms with Gasteiger partial charge in [-0.3, -0.25) is 10.2 Å². The zero-order chi connectivity index (χ0) is 19.1. The van der Waals surface area contributed by atoms with Crippen LogP contribution in [0.15, 0.2) is 11.1 Å². The quantitative estimate of drug-likeness (QED) is 0.403. The maximum Gasteiger partial charge on any atom is 0.225 e. The lowest BCUT2D eigenvalue weighted by Gasteiger charge is -1.92. The molecule has 2 aliphatic carbocycles.